The molecule has 0 aliphatic heterocycles. The summed E-state index contributed by atoms with van der Waals surface area (Å²) in [4.78, 5) is 12.3. The molecule has 3 rings (SSSR count). The summed E-state index contributed by atoms with van der Waals surface area (Å²) in [6.07, 6.45) is 1.47. The Morgan fingerprint density at radius 3 is 2.52 bits per heavy atom. The van der Waals surface area contributed by atoms with Gasteiger partial charge in [0.05, 0.1) is 23.4 Å². The van der Waals surface area contributed by atoms with Gasteiger partial charge in [0.1, 0.15) is 5.69 Å². The number of carbonyl (C=O) groups is 1. The number of fused-ring (bicyclic) bond motifs is 1. The maximum atomic E-state index is 12.3. The summed E-state index contributed by atoms with van der Waals surface area (Å²) >= 11 is 12.2. The number of aromatic nitrogens is 1. The average Bonchev–Trinajstić information content (AvgIpc) is 2.92. The first-order valence-electron chi connectivity index (χ1n) is 7.42. The van der Waals surface area contributed by atoms with Crippen molar-refractivity contribution in [2.45, 2.75) is 0 Å². The second-order valence-electron chi connectivity index (χ2n) is 5.36. The quantitative estimate of drug-likeness (QED) is 0.547. The van der Waals surface area contributed by atoms with Gasteiger partial charge in [-0.2, -0.15) is 5.10 Å². The minimum atomic E-state index is -0.305. The number of aryl methyl sites for hydroxylation is 1. The van der Waals surface area contributed by atoms with E-state index in [4.69, 9.17) is 27.9 Å². The topological polar surface area (TPSA) is 55.6 Å². The van der Waals surface area contributed by atoms with Crippen molar-refractivity contribution in [2.75, 3.05) is 7.11 Å². The van der Waals surface area contributed by atoms with Gasteiger partial charge in [0.2, 0.25) is 0 Å². The van der Waals surface area contributed by atoms with Gasteiger partial charge in [-0.05, 0) is 29.8 Å². The molecule has 0 spiro atoms. The molecule has 0 atom stereocenters. The van der Waals surface area contributed by atoms with Gasteiger partial charge < -0.3 is 9.30 Å². The molecule has 0 radical (unpaired) electrons. The molecule has 0 bridgehead atoms. The van der Waals surface area contributed by atoms with E-state index < -0.39 is 0 Å². The molecule has 0 fully saturated rings. The molecule has 1 heterocycles. The molecule has 0 aliphatic carbocycles. The lowest BCUT2D eigenvalue weighted by atomic mass is 10.2. The Labute approximate surface area is 154 Å². The molecule has 5 nitrogen and oxygen atoms in total. The third-order valence-corrected chi connectivity index (χ3v) is 4.35. The summed E-state index contributed by atoms with van der Waals surface area (Å²) in [5, 5.41) is 5.71. The minimum Gasteiger partial charge on any atom is -0.494 e. The molecular weight excluding hydrogens is 361 g/mol. The summed E-state index contributed by atoms with van der Waals surface area (Å²) in [6, 6.07) is 12.9. The Morgan fingerprint density at radius 2 is 1.88 bits per heavy atom. The highest BCUT2D eigenvalue weighted by atomic mass is 35.5. The van der Waals surface area contributed by atoms with Crippen molar-refractivity contribution in [2.24, 2.45) is 12.1 Å². The van der Waals surface area contributed by atoms with Crippen LogP contribution in [0, 0.1) is 0 Å². The molecule has 0 unspecified atom stereocenters. The summed E-state index contributed by atoms with van der Waals surface area (Å²) in [7, 11) is 3.33. The number of hydrogen-bond donors (Lipinski definition) is 1. The van der Waals surface area contributed by atoms with E-state index in [-0.39, 0.29) is 5.91 Å². The number of methoxy groups -OCH3 is 1. The molecule has 1 aromatic heterocycles. The number of nitrogens with one attached hydrogen (secondary N) is 1. The molecule has 0 aliphatic rings. The summed E-state index contributed by atoms with van der Waals surface area (Å²) in [5.74, 6) is 0.0978. The summed E-state index contributed by atoms with van der Waals surface area (Å²) in [5.41, 5.74) is 4.65. The lowest BCUT2D eigenvalue weighted by Crippen LogP contribution is -2.20. The monoisotopic (exact) mass is 375 g/mol. The number of para-hydroxylation sites is 1. The first-order chi connectivity index (χ1) is 12.0. The number of halogens is 2. The van der Waals surface area contributed by atoms with Crippen LogP contribution in [-0.2, 0) is 7.05 Å². The van der Waals surface area contributed by atoms with Crippen molar-refractivity contribution in [3.63, 3.8) is 0 Å². The van der Waals surface area contributed by atoms with Gasteiger partial charge >= 0.3 is 0 Å². The molecule has 1 amide bonds. The fourth-order valence-corrected chi connectivity index (χ4v) is 3.24. The standard InChI is InChI=1S/C18H15Cl2N3O2/c1-23-15-6-4-3-5-12(15)9-16(23)18(24)22-21-10-11-7-13(19)17(25-2)14(20)8-11/h3-10H,1-2H3,(H,22,24)/b21-10+. The van der Waals surface area contributed by atoms with E-state index in [0.717, 1.165) is 10.9 Å². The van der Waals surface area contributed by atoms with Crippen LogP contribution in [0.15, 0.2) is 47.6 Å². The van der Waals surface area contributed by atoms with Gasteiger partial charge in [-0.1, -0.05) is 41.4 Å². The Kier molecular flexibility index (Phi) is 4.97. The SMILES string of the molecule is COc1c(Cl)cc(/C=N/NC(=O)c2cc3ccccc3n2C)cc1Cl. The van der Waals surface area contributed by atoms with Crippen LogP contribution in [0.2, 0.25) is 10.0 Å². The normalized spacial score (nSPS) is 11.2. The molecule has 3 aromatic rings. The largest absolute Gasteiger partial charge is 0.494 e. The Morgan fingerprint density at radius 1 is 1.20 bits per heavy atom. The van der Waals surface area contributed by atoms with Crippen LogP contribution in [0.5, 0.6) is 5.75 Å². The minimum absolute atomic E-state index is 0.305. The van der Waals surface area contributed by atoms with E-state index in [1.54, 1.807) is 12.1 Å². The highest BCUT2D eigenvalue weighted by molar-refractivity contribution is 6.37. The number of amides is 1. The number of hydrazone groups is 1. The maximum absolute atomic E-state index is 12.3. The van der Waals surface area contributed by atoms with Crippen LogP contribution in [0.4, 0.5) is 0 Å². The van der Waals surface area contributed by atoms with E-state index in [1.807, 2.05) is 41.9 Å². The predicted molar refractivity (Wildman–Crippen MR) is 101 cm³/mol. The molecule has 0 saturated heterocycles. The smallest absolute Gasteiger partial charge is 0.287 e. The molecule has 128 valence electrons. The Balaban J connectivity index is 1.77. The number of carbonyl (C=O) groups excluding carboxylic acids is 1. The Bertz CT molecular complexity index is 957. The zero-order chi connectivity index (χ0) is 18.0. The summed E-state index contributed by atoms with van der Waals surface area (Å²) in [6.45, 7) is 0. The third kappa shape index (κ3) is 3.48. The highest BCUT2D eigenvalue weighted by Gasteiger charge is 2.12. The van der Waals surface area contributed by atoms with Crippen LogP contribution in [0.25, 0.3) is 10.9 Å². The molecular formula is C18H15Cl2N3O2. The van der Waals surface area contributed by atoms with Gasteiger partial charge in [-0.3, -0.25) is 4.79 Å². The van der Waals surface area contributed by atoms with Crippen LogP contribution < -0.4 is 10.2 Å². The van der Waals surface area contributed by atoms with E-state index in [1.165, 1.54) is 13.3 Å². The third-order valence-electron chi connectivity index (χ3n) is 3.79. The summed E-state index contributed by atoms with van der Waals surface area (Å²) < 4.78 is 6.91. The Hall–Kier alpha value is -2.50. The van der Waals surface area contributed by atoms with E-state index >= 15 is 0 Å². The van der Waals surface area contributed by atoms with Crippen LogP contribution >= 0.6 is 23.2 Å². The number of rotatable bonds is 4. The van der Waals surface area contributed by atoms with E-state index in [2.05, 4.69) is 10.5 Å². The molecule has 25 heavy (non-hydrogen) atoms. The van der Waals surface area contributed by atoms with Crippen molar-refractivity contribution in [3.8, 4) is 5.75 Å². The van der Waals surface area contributed by atoms with Crippen LogP contribution in [-0.4, -0.2) is 23.8 Å². The zero-order valence-electron chi connectivity index (χ0n) is 13.6. The molecule has 0 saturated carbocycles. The van der Waals surface area contributed by atoms with Crippen LogP contribution in [0.3, 0.4) is 0 Å². The van der Waals surface area contributed by atoms with Crippen molar-refractivity contribution >= 4 is 46.2 Å². The van der Waals surface area contributed by atoms with Crippen molar-refractivity contribution < 1.29 is 9.53 Å². The lowest BCUT2D eigenvalue weighted by molar-refractivity contribution is 0.0947. The van der Waals surface area contributed by atoms with Gasteiger partial charge in [0.15, 0.2) is 5.75 Å². The van der Waals surface area contributed by atoms with Gasteiger partial charge in [0.25, 0.3) is 5.91 Å². The predicted octanol–water partition coefficient (Wildman–Crippen LogP) is 4.26. The number of hydrogen-bond acceptors (Lipinski definition) is 3. The van der Waals surface area contributed by atoms with Crippen molar-refractivity contribution in [1.29, 1.82) is 0 Å². The second-order valence-corrected chi connectivity index (χ2v) is 6.18. The fourth-order valence-electron chi connectivity index (χ4n) is 2.58. The average molecular weight is 376 g/mol. The molecule has 2 aromatic carbocycles. The number of ether oxygens (including phenoxy) is 1. The molecule has 7 heteroatoms. The van der Waals surface area contributed by atoms with Crippen LogP contribution in [0.1, 0.15) is 16.1 Å². The van der Waals surface area contributed by atoms with Crippen molar-refractivity contribution in [3.05, 3.63) is 63.8 Å². The maximum Gasteiger partial charge on any atom is 0.287 e. The lowest BCUT2D eigenvalue weighted by Gasteiger charge is -2.06. The zero-order valence-corrected chi connectivity index (χ0v) is 15.1. The number of benzene rings is 2. The van der Waals surface area contributed by atoms with Crippen molar-refractivity contribution in [1.82, 2.24) is 9.99 Å². The van der Waals surface area contributed by atoms with E-state index in [9.17, 15) is 4.79 Å². The molecule has 1 N–H and O–H groups in total. The van der Waals surface area contributed by atoms with Gasteiger partial charge in [0, 0.05) is 18.0 Å². The fraction of sp³-hybridized carbons (Fsp3) is 0.111. The highest BCUT2D eigenvalue weighted by Crippen LogP contribution is 2.33. The van der Waals surface area contributed by atoms with Gasteiger partial charge in [-0.25, -0.2) is 5.43 Å². The number of nitrogens with zero attached hydrogens (tertiary/aromatic N) is 2. The second kappa shape index (κ2) is 7.17. The first-order valence-corrected chi connectivity index (χ1v) is 8.17. The van der Waals surface area contributed by atoms with Gasteiger partial charge in [-0.15, -0.1) is 0 Å². The first kappa shape index (κ1) is 17.3. The van der Waals surface area contributed by atoms with E-state index in [0.29, 0.717) is 27.1 Å².